The molecule has 0 spiro atoms. The Balaban J connectivity index is 2.21. The maximum Gasteiger partial charge on any atom is 0.265 e. The van der Waals surface area contributed by atoms with Crippen LogP contribution in [0.1, 0.15) is 9.67 Å². The average Bonchev–Trinajstić information content (AvgIpc) is 2.70. The lowest BCUT2D eigenvalue weighted by atomic mass is 10.3. The van der Waals surface area contributed by atoms with E-state index in [1.54, 1.807) is 24.3 Å². The van der Waals surface area contributed by atoms with E-state index in [1.807, 2.05) is 6.07 Å². The lowest BCUT2D eigenvalue weighted by Gasteiger charge is -2.06. The van der Waals surface area contributed by atoms with Gasteiger partial charge >= 0.3 is 0 Å². The lowest BCUT2D eigenvalue weighted by molar-refractivity contribution is 0.103. The number of hydrogen-bond acceptors (Lipinski definition) is 3. The van der Waals surface area contributed by atoms with Crippen LogP contribution in [-0.2, 0) is 0 Å². The summed E-state index contributed by atoms with van der Waals surface area (Å²) in [4.78, 5) is 12.6. The Morgan fingerprint density at radius 2 is 2.00 bits per heavy atom. The number of amides is 1. The first-order valence-electron chi connectivity index (χ1n) is 4.68. The van der Waals surface area contributed by atoms with E-state index in [9.17, 15) is 4.79 Å². The summed E-state index contributed by atoms with van der Waals surface area (Å²) in [7, 11) is 0. The van der Waals surface area contributed by atoms with Gasteiger partial charge in [0.2, 0.25) is 0 Å². The van der Waals surface area contributed by atoms with E-state index in [-0.39, 0.29) is 5.91 Å². The highest BCUT2D eigenvalue weighted by Gasteiger charge is 2.10. The molecule has 0 atom stereocenters. The smallest absolute Gasteiger partial charge is 0.265 e. The zero-order valence-electron chi connectivity index (χ0n) is 8.54. The van der Waals surface area contributed by atoms with E-state index in [0.717, 1.165) is 8.26 Å². The third-order valence-corrected chi connectivity index (χ3v) is 4.35. The van der Waals surface area contributed by atoms with Gasteiger partial charge in [0, 0.05) is 10.2 Å². The zero-order chi connectivity index (χ0) is 12.4. The van der Waals surface area contributed by atoms with E-state index in [4.69, 9.17) is 5.73 Å². The van der Waals surface area contributed by atoms with Crippen molar-refractivity contribution in [2.45, 2.75) is 0 Å². The molecule has 1 heterocycles. The summed E-state index contributed by atoms with van der Waals surface area (Å²) < 4.78 is 1.73. The Bertz CT molecular complexity index is 568. The van der Waals surface area contributed by atoms with Crippen LogP contribution in [0.2, 0.25) is 0 Å². The largest absolute Gasteiger partial charge is 0.399 e. The first kappa shape index (κ1) is 12.6. The fourth-order valence-corrected chi connectivity index (χ4v) is 2.89. The van der Waals surface area contributed by atoms with Gasteiger partial charge in [0.05, 0.1) is 14.4 Å². The SMILES string of the molecule is Nc1ccc(Br)c(NC(=O)c2ccc(Br)s2)c1. The molecule has 3 nitrogen and oxygen atoms in total. The number of carbonyl (C=O) groups excluding carboxylic acids is 1. The van der Waals surface area contributed by atoms with Gasteiger partial charge in [-0.15, -0.1) is 11.3 Å². The molecular weight excluding hydrogens is 368 g/mol. The molecule has 3 N–H and O–H groups in total. The van der Waals surface area contributed by atoms with E-state index >= 15 is 0 Å². The summed E-state index contributed by atoms with van der Waals surface area (Å²) in [5, 5.41) is 2.80. The molecule has 17 heavy (non-hydrogen) atoms. The van der Waals surface area contributed by atoms with Gasteiger partial charge < -0.3 is 11.1 Å². The van der Waals surface area contributed by atoms with Crippen LogP contribution in [0.4, 0.5) is 11.4 Å². The number of thiophene rings is 1. The predicted octanol–water partition coefficient (Wildman–Crippen LogP) is 4.11. The van der Waals surface area contributed by atoms with Crippen LogP contribution in [0.15, 0.2) is 38.6 Å². The highest BCUT2D eigenvalue weighted by molar-refractivity contribution is 9.11. The van der Waals surface area contributed by atoms with Crippen molar-refractivity contribution in [3.63, 3.8) is 0 Å². The van der Waals surface area contributed by atoms with E-state index < -0.39 is 0 Å². The summed E-state index contributed by atoms with van der Waals surface area (Å²) in [5.41, 5.74) is 6.94. The lowest BCUT2D eigenvalue weighted by Crippen LogP contribution is -2.10. The minimum Gasteiger partial charge on any atom is -0.399 e. The fraction of sp³-hybridized carbons (Fsp3) is 0. The molecule has 1 aromatic carbocycles. The van der Waals surface area contributed by atoms with E-state index in [1.165, 1.54) is 11.3 Å². The Morgan fingerprint density at radius 1 is 1.24 bits per heavy atom. The van der Waals surface area contributed by atoms with Crippen molar-refractivity contribution in [1.29, 1.82) is 0 Å². The number of nitrogens with one attached hydrogen (secondary N) is 1. The molecule has 0 aliphatic heterocycles. The molecule has 2 rings (SSSR count). The molecule has 0 bridgehead atoms. The number of benzene rings is 1. The summed E-state index contributed by atoms with van der Waals surface area (Å²) in [6, 6.07) is 8.89. The van der Waals surface area contributed by atoms with Crippen molar-refractivity contribution < 1.29 is 4.79 Å². The first-order chi connectivity index (χ1) is 8.06. The molecule has 2 aromatic rings. The Hall–Kier alpha value is -0.850. The van der Waals surface area contributed by atoms with Gasteiger partial charge in [-0.2, -0.15) is 0 Å². The fourth-order valence-electron chi connectivity index (χ4n) is 1.26. The van der Waals surface area contributed by atoms with E-state index in [0.29, 0.717) is 16.3 Å². The molecule has 1 amide bonds. The molecule has 88 valence electrons. The molecule has 0 fully saturated rings. The zero-order valence-corrected chi connectivity index (χ0v) is 12.5. The molecule has 0 unspecified atom stereocenters. The highest BCUT2D eigenvalue weighted by Crippen LogP contribution is 2.27. The van der Waals surface area contributed by atoms with Crippen LogP contribution in [-0.4, -0.2) is 5.91 Å². The minimum absolute atomic E-state index is 0.146. The first-order valence-corrected chi connectivity index (χ1v) is 7.08. The number of carbonyl (C=O) groups is 1. The van der Waals surface area contributed by atoms with Crippen LogP contribution in [0.5, 0.6) is 0 Å². The number of halogens is 2. The van der Waals surface area contributed by atoms with Crippen molar-refractivity contribution in [3.05, 3.63) is 43.5 Å². The van der Waals surface area contributed by atoms with Crippen molar-refractivity contribution in [3.8, 4) is 0 Å². The topological polar surface area (TPSA) is 55.1 Å². The Morgan fingerprint density at radius 3 is 2.65 bits per heavy atom. The van der Waals surface area contributed by atoms with E-state index in [2.05, 4.69) is 37.2 Å². The highest BCUT2D eigenvalue weighted by atomic mass is 79.9. The molecular formula is C11H8Br2N2OS. The molecule has 0 aliphatic rings. The normalized spacial score (nSPS) is 10.2. The molecule has 1 aromatic heterocycles. The summed E-state index contributed by atoms with van der Waals surface area (Å²) in [5.74, 6) is -0.146. The number of rotatable bonds is 2. The van der Waals surface area contributed by atoms with Gasteiger partial charge in [0.1, 0.15) is 0 Å². The van der Waals surface area contributed by atoms with Gasteiger partial charge in [-0.25, -0.2) is 0 Å². The van der Waals surface area contributed by atoms with Crippen LogP contribution in [0, 0.1) is 0 Å². The monoisotopic (exact) mass is 374 g/mol. The quantitative estimate of drug-likeness (QED) is 0.776. The van der Waals surface area contributed by atoms with Crippen molar-refractivity contribution in [1.82, 2.24) is 0 Å². The standard InChI is InChI=1S/C11H8Br2N2OS/c12-7-2-1-6(14)5-8(7)15-11(16)9-3-4-10(13)17-9/h1-5H,14H2,(H,15,16). The third kappa shape index (κ3) is 3.08. The number of nitrogen functional groups attached to an aromatic ring is 1. The molecule has 0 saturated heterocycles. The molecule has 6 heteroatoms. The van der Waals surface area contributed by atoms with Crippen LogP contribution < -0.4 is 11.1 Å². The number of nitrogens with two attached hydrogens (primary N) is 1. The molecule has 0 radical (unpaired) electrons. The van der Waals surface area contributed by atoms with Gasteiger partial charge in [0.15, 0.2) is 0 Å². The predicted molar refractivity (Wildman–Crippen MR) is 78.5 cm³/mol. The van der Waals surface area contributed by atoms with Crippen molar-refractivity contribution in [2.75, 3.05) is 11.1 Å². The van der Waals surface area contributed by atoms with Gasteiger partial charge in [-0.1, -0.05) is 0 Å². The maximum atomic E-state index is 11.9. The summed E-state index contributed by atoms with van der Waals surface area (Å²) >= 11 is 8.06. The second-order valence-electron chi connectivity index (χ2n) is 3.30. The van der Waals surface area contributed by atoms with Crippen LogP contribution in [0.25, 0.3) is 0 Å². The maximum absolute atomic E-state index is 11.9. The van der Waals surface area contributed by atoms with Crippen molar-refractivity contribution >= 4 is 60.5 Å². The van der Waals surface area contributed by atoms with Crippen LogP contribution >= 0.6 is 43.2 Å². The third-order valence-electron chi connectivity index (χ3n) is 2.04. The average molecular weight is 376 g/mol. The molecule has 0 saturated carbocycles. The Kier molecular flexibility index (Phi) is 3.86. The number of anilines is 2. The molecule has 0 aliphatic carbocycles. The second kappa shape index (κ2) is 5.20. The minimum atomic E-state index is -0.146. The summed E-state index contributed by atoms with van der Waals surface area (Å²) in [6.07, 6.45) is 0. The van der Waals surface area contributed by atoms with Gasteiger partial charge in [0.25, 0.3) is 5.91 Å². The van der Waals surface area contributed by atoms with Crippen LogP contribution in [0.3, 0.4) is 0 Å². The number of hydrogen-bond donors (Lipinski definition) is 2. The second-order valence-corrected chi connectivity index (χ2v) is 6.61. The Labute approximate surface area is 119 Å². The van der Waals surface area contributed by atoms with Crippen molar-refractivity contribution in [2.24, 2.45) is 0 Å². The van der Waals surface area contributed by atoms with Gasteiger partial charge in [-0.3, -0.25) is 4.79 Å². The van der Waals surface area contributed by atoms with Gasteiger partial charge in [-0.05, 0) is 62.2 Å². The summed E-state index contributed by atoms with van der Waals surface area (Å²) in [6.45, 7) is 0.